The maximum Gasteiger partial charge on any atom is 0.122 e. The van der Waals surface area contributed by atoms with E-state index in [9.17, 15) is 5.26 Å². The molecule has 20 heavy (non-hydrogen) atoms. The van der Waals surface area contributed by atoms with Crippen LogP contribution in [0.2, 0.25) is 0 Å². The summed E-state index contributed by atoms with van der Waals surface area (Å²) in [5.41, 5.74) is 3.38. The summed E-state index contributed by atoms with van der Waals surface area (Å²) in [7, 11) is 0. The fourth-order valence-corrected chi connectivity index (χ4v) is 2.27. The van der Waals surface area contributed by atoms with E-state index in [1.165, 1.54) is 0 Å². The first kappa shape index (κ1) is 14.1. The van der Waals surface area contributed by atoms with Gasteiger partial charge in [0, 0.05) is 6.42 Å². The Kier molecular flexibility index (Phi) is 4.79. The molecule has 1 unspecified atom stereocenters. The highest BCUT2D eigenvalue weighted by Gasteiger charge is 2.12. The molecule has 2 aromatic rings. The number of para-hydroxylation sites is 1. The van der Waals surface area contributed by atoms with Crippen LogP contribution < -0.4 is 4.74 Å². The molecule has 2 nitrogen and oxygen atoms in total. The predicted molar refractivity (Wildman–Crippen MR) is 80.8 cm³/mol. The Morgan fingerprint density at radius 1 is 1.00 bits per heavy atom. The summed E-state index contributed by atoms with van der Waals surface area (Å²) in [6.45, 7) is 4.62. The van der Waals surface area contributed by atoms with Gasteiger partial charge >= 0.3 is 0 Å². The zero-order valence-corrected chi connectivity index (χ0v) is 12.0. The molecular formula is C18H19NO. The Morgan fingerprint density at radius 3 is 2.30 bits per heavy atom. The molecule has 0 aliphatic rings. The fraction of sp³-hybridized carbons (Fsp3) is 0.278. The van der Waals surface area contributed by atoms with Gasteiger partial charge in [-0.3, -0.25) is 0 Å². The van der Waals surface area contributed by atoms with Gasteiger partial charge in [-0.15, -0.1) is 0 Å². The second-order valence-corrected chi connectivity index (χ2v) is 4.94. The lowest BCUT2D eigenvalue weighted by atomic mass is 9.94. The summed E-state index contributed by atoms with van der Waals surface area (Å²) in [6.07, 6.45) is 0.704. The van der Waals surface area contributed by atoms with Crippen molar-refractivity contribution in [2.75, 3.05) is 6.61 Å². The molecule has 0 spiro atoms. The zero-order valence-electron chi connectivity index (χ0n) is 12.0. The van der Waals surface area contributed by atoms with E-state index >= 15 is 0 Å². The van der Waals surface area contributed by atoms with Crippen LogP contribution in [-0.4, -0.2) is 6.61 Å². The smallest absolute Gasteiger partial charge is 0.122 e. The highest BCUT2D eigenvalue weighted by atomic mass is 16.5. The first-order valence-electron chi connectivity index (χ1n) is 6.86. The van der Waals surface area contributed by atoms with Crippen LogP contribution in [0.1, 0.15) is 29.0 Å². The standard InChI is InChI=1S/C18H19NO/c1-14-7-3-5-9-17(14)16(13-19)11-12-20-18-10-6-4-8-15(18)2/h3-10,16H,11-12H2,1-2H3. The molecular weight excluding hydrogens is 246 g/mol. The summed E-state index contributed by atoms with van der Waals surface area (Å²) < 4.78 is 5.78. The molecule has 2 heteroatoms. The molecule has 0 aromatic heterocycles. The molecule has 1 atom stereocenters. The van der Waals surface area contributed by atoms with Crippen LogP contribution in [0.3, 0.4) is 0 Å². The quantitative estimate of drug-likeness (QED) is 0.803. The van der Waals surface area contributed by atoms with Crippen LogP contribution in [0.15, 0.2) is 48.5 Å². The van der Waals surface area contributed by atoms with Crippen molar-refractivity contribution in [2.24, 2.45) is 0 Å². The lowest BCUT2D eigenvalue weighted by Crippen LogP contribution is -2.06. The van der Waals surface area contributed by atoms with Crippen molar-refractivity contribution in [3.63, 3.8) is 0 Å². The highest BCUT2D eigenvalue weighted by Crippen LogP contribution is 2.23. The maximum absolute atomic E-state index is 9.35. The Bertz CT molecular complexity index is 613. The average molecular weight is 265 g/mol. The third-order valence-corrected chi connectivity index (χ3v) is 3.48. The van der Waals surface area contributed by atoms with E-state index in [1.54, 1.807) is 0 Å². The third-order valence-electron chi connectivity index (χ3n) is 3.48. The van der Waals surface area contributed by atoms with Crippen molar-refractivity contribution in [2.45, 2.75) is 26.2 Å². The lowest BCUT2D eigenvalue weighted by molar-refractivity contribution is 0.304. The number of nitriles is 1. The van der Waals surface area contributed by atoms with Crippen LogP contribution in [0, 0.1) is 25.2 Å². The summed E-state index contributed by atoms with van der Waals surface area (Å²) in [5.74, 6) is 0.786. The molecule has 0 saturated carbocycles. The summed E-state index contributed by atoms with van der Waals surface area (Å²) in [4.78, 5) is 0. The van der Waals surface area contributed by atoms with Gasteiger partial charge in [0.2, 0.25) is 0 Å². The summed E-state index contributed by atoms with van der Waals surface area (Å²) >= 11 is 0. The Labute approximate surface area is 120 Å². The van der Waals surface area contributed by atoms with Crippen molar-refractivity contribution in [1.82, 2.24) is 0 Å². The molecule has 0 N–H and O–H groups in total. The molecule has 2 aromatic carbocycles. The second kappa shape index (κ2) is 6.77. The Balaban J connectivity index is 1.98. The van der Waals surface area contributed by atoms with E-state index in [-0.39, 0.29) is 5.92 Å². The van der Waals surface area contributed by atoms with Gasteiger partial charge in [0.05, 0.1) is 18.6 Å². The average Bonchev–Trinajstić information content (AvgIpc) is 2.46. The summed E-state index contributed by atoms with van der Waals surface area (Å²) in [6, 6.07) is 18.4. The van der Waals surface area contributed by atoms with Gasteiger partial charge < -0.3 is 4.74 Å². The van der Waals surface area contributed by atoms with E-state index < -0.39 is 0 Å². The van der Waals surface area contributed by atoms with Crippen molar-refractivity contribution in [1.29, 1.82) is 5.26 Å². The minimum atomic E-state index is -0.111. The SMILES string of the molecule is Cc1ccccc1OCCC(C#N)c1ccccc1C. The van der Waals surface area contributed by atoms with Crippen molar-refractivity contribution in [3.8, 4) is 11.8 Å². The first-order chi connectivity index (χ1) is 9.72. The normalized spacial score (nSPS) is 11.7. The second-order valence-electron chi connectivity index (χ2n) is 4.94. The molecule has 0 radical (unpaired) electrons. The monoisotopic (exact) mass is 265 g/mol. The van der Waals surface area contributed by atoms with E-state index in [4.69, 9.17) is 4.74 Å². The molecule has 0 bridgehead atoms. The molecule has 102 valence electrons. The minimum Gasteiger partial charge on any atom is -0.493 e. The zero-order chi connectivity index (χ0) is 14.4. The van der Waals surface area contributed by atoms with Crippen LogP contribution in [0.5, 0.6) is 5.75 Å². The van der Waals surface area contributed by atoms with Gasteiger partial charge in [-0.1, -0.05) is 42.5 Å². The minimum absolute atomic E-state index is 0.111. The van der Waals surface area contributed by atoms with Gasteiger partial charge in [-0.2, -0.15) is 5.26 Å². The van der Waals surface area contributed by atoms with Crippen LogP contribution >= 0.6 is 0 Å². The highest BCUT2D eigenvalue weighted by molar-refractivity contribution is 5.33. The fourth-order valence-electron chi connectivity index (χ4n) is 2.27. The molecule has 2 rings (SSSR count). The van der Waals surface area contributed by atoms with E-state index in [0.29, 0.717) is 13.0 Å². The molecule has 0 fully saturated rings. The number of hydrogen-bond acceptors (Lipinski definition) is 2. The molecule has 0 amide bonds. The molecule has 0 heterocycles. The van der Waals surface area contributed by atoms with Crippen molar-refractivity contribution >= 4 is 0 Å². The third kappa shape index (κ3) is 3.39. The van der Waals surface area contributed by atoms with Gasteiger partial charge in [-0.05, 0) is 36.6 Å². The number of nitrogens with zero attached hydrogens (tertiary/aromatic N) is 1. The topological polar surface area (TPSA) is 33.0 Å². The van der Waals surface area contributed by atoms with Crippen molar-refractivity contribution in [3.05, 3.63) is 65.2 Å². The lowest BCUT2D eigenvalue weighted by Gasteiger charge is -2.14. The van der Waals surface area contributed by atoms with Gasteiger partial charge in [0.25, 0.3) is 0 Å². The van der Waals surface area contributed by atoms with E-state index in [2.05, 4.69) is 6.07 Å². The predicted octanol–water partition coefficient (Wildman–Crippen LogP) is 4.38. The number of ether oxygens (including phenoxy) is 1. The van der Waals surface area contributed by atoms with Crippen molar-refractivity contribution < 1.29 is 4.74 Å². The number of rotatable bonds is 5. The van der Waals surface area contributed by atoms with Gasteiger partial charge in [-0.25, -0.2) is 0 Å². The van der Waals surface area contributed by atoms with Crippen LogP contribution in [0.4, 0.5) is 0 Å². The largest absolute Gasteiger partial charge is 0.493 e. The maximum atomic E-state index is 9.35. The number of hydrogen-bond donors (Lipinski definition) is 0. The van der Waals surface area contributed by atoms with Crippen LogP contribution in [-0.2, 0) is 0 Å². The Morgan fingerprint density at radius 2 is 1.65 bits per heavy atom. The number of benzene rings is 2. The summed E-state index contributed by atoms with van der Waals surface area (Å²) in [5, 5.41) is 9.35. The molecule has 0 aliphatic carbocycles. The molecule has 0 aliphatic heterocycles. The van der Waals surface area contributed by atoms with Gasteiger partial charge in [0.15, 0.2) is 0 Å². The number of aryl methyl sites for hydroxylation is 2. The van der Waals surface area contributed by atoms with Gasteiger partial charge in [0.1, 0.15) is 5.75 Å². The molecule has 0 saturated heterocycles. The van der Waals surface area contributed by atoms with E-state index in [0.717, 1.165) is 22.4 Å². The van der Waals surface area contributed by atoms with Crippen LogP contribution in [0.25, 0.3) is 0 Å². The van der Waals surface area contributed by atoms with E-state index in [1.807, 2.05) is 62.4 Å². The first-order valence-corrected chi connectivity index (χ1v) is 6.86. The Hall–Kier alpha value is -2.27.